The summed E-state index contributed by atoms with van der Waals surface area (Å²) in [7, 11) is 0. The van der Waals surface area contributed by atoms with Crippen molar-refractivity contribution >= 4 is 23.6 Å². The molecule has 2 fully saturated rings. The second kappa shape index (κ2) is 10.1. The third-order valence-electron chi connectivity index (χ3n) is 5.35. The molecule has 0 amide bonds. The molecule has 4 rings (SSSR count). The average molecular weight is 486 g/mol. The van der Waals surface area contributed by atoms with Gasteiger partial charge in [0.05, 0.1) is 24.8 Å². The Balaban J connectivity index is 0.000000191. The van der Waals surface area contributed by atoms with Gasteiger partial charge >= 0.3 is 11.9 Å². The van der Waals surface area contributed by atoms with Crippen LogP contribution < -0.4 is 9.80 Å². The van der Waals surface area contributed by atoms with Crippen LogP contribution in [0.5, 0.6) is 0 Å². The highest BCUT2D eigenvalue weighted by Crippen LogP contribution is 2.30. The van der Waals surface area contributed by atoms with Gasteiger partial charge in [0.25, 0.3) is 11.8 Å². The smallest absolute Gasteiger partial charge is 0.356 e. The summed E-state index contributed by atoms with van der Waals surface area (Å²) in [5.41, 5.74) is -0.313. The minimum atomic E-state index is -2.61. The normalized spacial score (nSPS) is 19.1. The zero-order chi connectivity index (χ0) is 24.9. The van der Waals surface area contributed by atoms with Crippen LogP contribution in [-0.2, 0) is 0 Å². The number of carboxylic acid groups (broad SMARTS) is 2. The van der Waals surface area contributed by atoms with E-state index in [2.05, 4.69) is 19.9 Å². The number of hydrogen-bond acceptors (Lipinski definition) is 8. The molecule has 2 aromatic rings. The van der Waals surface area contributed by atoms with Crippen LogP contribution in [0.3, 0.4) is 0 Å². The quantitative estimate of drug-likeness (QED) is 0.622. The molecule has 2 aliphatic heterocycles. The van der Waals surface area contributed by atoms with Crippen molar-refractivity contribution in [3.63, 3.8) is 0 Å². The van der Waals surface area contributed by atoms with E-state index in [0.717, 1.165) is 12.4 Å². The third-order valence-corrected chi connectivity index (χ3v) is 5.35. The van der Waals surface area contributed by atoms with Crippen molar-refractivity contribution in [3.8, 4) is 0 Å². The number of aromatic nitrogens is 4. The Labute approximate surface area is 191 Å². The molecule has 0 atom stereocenters. The molecule has 2 saturated heterocycles. The van der Waals surface area contributed by atoms with Gasteiger partial charge in [-0.3, -0.25) is 0 Å². The van der Waals surface area contributed by atoms with Crippen LogP contribution in [0.1, 0.15) is 46.7 Å². The first-order valence-corrected chi connectivity index (χ1v) is 10.3. The molecule has 0 aliphatic carbocycles. The molecule has 2 N–H and O–H groups in total. The van der Waals surface area contributed by atoms with E-state index >= 15 is 0 Å². The molecule has 34 heavy (non-hydrogen) atoms. The summed E-state index contributed by atoms with van der Waals surface area (Å²) in [4.78, 5) is 39.7. The maximum atomic E-state index is 12.9. The topological polar surface area (TPSA) is 133 Å². The summed E-state index contributed by atoms with van der Waals surface area (Å²) in [6.07, 6.45) is 4.00. The zero-order valence-corrected chi connectivity index (χ0v) is 17.9. The highest BCUT2D eigenvalue weighted by Gasteiger charge is 2.35. The van der Waals surface area contributed by atoms with Crippen molar-refractivity contribution in [2.24, 2.45) is 0 Å². The Morgan fingerprint density at radius 2 is 0.971 bits per heavy atom. The molecule has 0 bridgehead atoms. The summed E-state index contributed by atoms with van der Waals surface area (Å²) in [5.74, 6) is -6.66. The summed E-state index contributed by atoms with van der Waals surface area (Å²) < 4.78 is 51.7. The van der Waals surface area contributed by atoms with Gasteiger partial charge in [-0.25, -0.2) is 47.1 Å². The number of alkyl halides is 4. The first kappa shape index (κ1) is 25.1. The van der Waals surface area contributed by atoms with Gasteiger partial charge in [0.15, 0.2) is 11.4 Å². The number of aromatic carboxylic acids is 2. The van der Waals surface area contributed by atoms with Gasteiger partial charge in [0, 0.05) is 51.9 Å². The Morgan fingerprint density at radius 3 is 1.21 bits per heavy atom. The van der Waals surface area contributed by atoms with Crippen molar-refractivity contribution in [1.82, 2.24) is 19.9 Å². The summed E-state index contributed by atoms with van der Waals surface area (Å²) in [5, 5.41) is 17.3. The fourth-order valence-electron chi connectivity index (χ4n) is 3.32. The lowest BCUT2D eigenvalue weighted by molar-refractivity contribution is -0.0227. The number of anilines is 2. The van der Waals surface area contributed by atoms with Gasteiger partial charge < -0.3 is 20.0 Å². The van der Waals surface area contributed by atoms with E-state index in [1.807, 2.05) is 0 Å². The standard InChI is InChI=1S/2C10H11F2N3O2/c2*11-10(12)1-3-15(4-2-10)8-6-13-7(5-14-8)9(16)17/h2*5-6H,1-4H2,(H,16,17). The Morgan fingerprint density at radius 1 is 0.647 bits per heavy atom. The van der Waals surface area contributed by atoms with Crippen LogP contribution >= 0.6 is 0 Å². The monoisotopic (exact) mass is 486 g/mol. The van der Waals surface area contributed by atoms with E-state index in [1.54, 1.807) is 9.80 Å². The lowest BCUT2D eigenvalue weighted by Gasteiger charge is -2.32. The maximum absolute atomic E-state index is 12.9. The predicted molar refractivity (Wildman–Crippen MR) is 111 cm³/mol. The molecule has 2 aliphatic rings. The largest absolute Gasteiger partial charge is 0.476 e. The second-order valence-electron chi connectivity index (χ2n) is 7.82. The molecule has 2 aromatic heterocycles. The number of carbonyl (C=O) groups is 2. The number of piperidine rings is 2. The van der Waals surface area contributed by atoms with E-state index in [1.165, 1.54) is 12.4 Å². The number of carboxylic acids is 2. The van der Waals surface area contributed by atoms with Gasteiger partial charge in [0.2, 0.25) is 0 Å². The summed E-state index contributed by atoms with van der Waals surface area (Å²) in [6, 6.07) is 0. The Hall–Kier alpha value is -3.58. The third kappa shape index (κ3) is 6.71. The lowest BCUT2D eigenvalue weighted by atomic mass is 10.1. The number of hydrogen-bond donors (Lipinski definition) is 2. The molecule has 0 aromatic carbocycles. The zero-order valence-electron chi connectivity index (χ0n) is 17.9. The second-order valence-corrected chi connectivity index (χ2v) is 7.82. The van der Waals surface area contributed by atoms with Crippen molar-refractivity contribution in [2.45, 2.75) is 37.5 Å². The van der Waals surface area contributed by atoms with Crippen LogP contribution in [-0.4, -0.2) is 80.1 Å². The van der Waals surface area contributed by atoms with Crippen molar-refractivity contribution in [2.75, 3.05) is 36.0 Å². The van der Waals surface area contributed by atoms with Crippen LogP contribution in [0.2, 0.25) is 0 Å². The van der Waals surface area contributed by atoms with Crippen LogP contribution in [0, 0.1) is 0 Å². The van der Waals surface area contributed by atoms with Crippen LogP contribution in [0.25, 0.3) is 0 Å². The summed E-state index contributed by atoms with van der Waals surface area (Å²) in [6.45, 7) is 0.810. The lowest BCUT2D eigenvalue weighted by Crippen LogP contribution is -2.39. The molecular formula is C20H22F4N6O4. The van der Waals surface area contributed by atoms with Gasteiger partial charge in [0.1, 0.15) is 11.6 Å². The van der Waals surface area contributed by atoms with Crippen molar-refractivity contribution in [1.29, 1.82) is 0 Å². The molecule has 4 heterocycles. The molecule has 0 spiro atoms. The molecule has 0 radical (unpaired) electrons. The van der Waals surface area contributed by atoms with Gasteiger partial charge in [-0.15, -0.1) is 0 Å². The molecule has 14 heteroatoms. The first-order valence-electron chi connectivity index (χ1n) is 10.3. The van der Waals surface area contributed by atoms with Gasteiger partial charge in [-0.05, 0) is 0 Å². The fraction of sp³-hybridized carbons (Fsp3) is 0.500. The van der Waals surface area contributed by atoms with E-state index in [4.69, 9.17) is 10.2 Å². The van der Waals surface area contributed by atoms with E-state index in [0.29, 0.717) is 11.6 Å². The summed E-state index contributed by atoms with van der Waals surface area (Å²) >= 11 is 0. The minimum absolute atomic E-state index is 0.156. The Kier molecular flexibility index (Phi) is 7.47. The molecular weight excluding hydrogens is 464 g/mol. The van der Waals surface area contributed by atoms with Gasteiger partial charge in [-0.2, -0.15) is 0 Å². The number of halogens is 4. The van der Waals surface area contributed by atoms with E-state index < -0.39 is 23.8 Å². The first-order chi connectivity index (χ1) is 16.0. The SMILES string of the molecule is O=C(O)c1cnc(N2CCC(F)(F)CC2)cn1.O=C(O)c1cnc(N2CCC(F)(F)CC2)cn1. The maximum Gasteiger partial charge on any atom is 0.356 e. The van der Waals surface area contributed by atoms with Crippen molar-refractivity contribution in [3.05, 3.63) is 36.2 Å². The number of rotatable bonds is 4. The average Bonchev–Trinajstić information content (AvgIpc) is 2.80. The molecule has 184 valence electrons. The molecule has 10 nitrogen and oxygen atoms in total. The minimum Gasteiger partial charge on any atom is -0.476 e. The number of nitrogens with zero attached hydrogens (tertiary/aromatic N) is 6. The van der Waals surface area contributed by atoms with E-state index in [9.17, 15) is 27.2 Å². The van der Waals surface area contributed by atoms with Crippen LogP contribution in [0.15, 0.2) is 24.8 Å². The molecule has 0 saturated carbocycles. The fourth-order valence-corrected chi connectivity index (χ4v) is 3.32. The van der Waals surface area contributed by atoms with E-state index in [-0.39, 0.29) is 63.3 Å². The highest BCUT2D eigenvalue weighted by atomic mass is 19.3. The van der Waals surface area contributed by atoms with Crippen LogP contribution in [0.4, 0.5) is 29.2 Å². The Bertz CT molecular complexity index is 906. The van der Waals surface area contributed by atoms with Gasteiger partial charge in [-0.1, -0.05) is 0 Å². The highest BCUT2D eigenvalue weighted by molar-refractivity contribution is 5.85. The predicted octanol–water partition coefficient (Wildman–Crippen LogP) is 2.82. The molecule has 0 unspecified atom stereocenters. The van der Waals surface area contributed by atoms with Crippen molar-refractivity contribution < 1.29 is 37.4 Å².